The van der Waals surface area contributed by atoms with Crippen LogP contribution in [0.4, 0.5) is 0 Å². The monoisotopic (exact) mass is 250 g/mol. The molecule has 2 aliphatic rings. The van der Waals surface area contributed by atoms with Crippen molar-refractivity contribution >= 4 is 0 Å². The lowest BCUT2D eigenvalue weighted by atomic mass is 9.74. The van der Waals surface area contributed by atoms with Gasteiger partial charge in [0.15, 0.2) is 11.5 Å². The highest BCUT2D eigenvalue weighted by molar-refractivity contribution is 5.46. The van der Waals surface area contributed by atoms with E-state index in [-0.39, 0.29) is 5.41 Å². The Hall–Kier alpha value is -1.26. The lowest BCUT2D eigenvalue weighted by molar-refractivity contribution is -0.386. The Morgan fingerprint density at radius 1 is 1.00 bits per heavy atom. The van der Waals surface area contributed by atoms with Crippen LogP contribution in [0.25, 0.3) is 0 Å². The minimum absolute atomic E-state index is 0.147. The molecule has 0 aliphatic carbocycles. The second kappa shape index (κ2) is 4.78. The average molecular weight is 250 g/mol. The molecule has 4 heteroatoms. The molecule has 0 unspecified atom stereocenters. The minimum Gasteiger partial charge on any atom is -0.486 e. The van der Waals surface area contributed by atoms with Crippen LogP contribution in [0.2, 0.25) is 0 Å². The van der Waals surface area contributed by atoms with E-state index in [1.165, 1.54) is 5.56 Å². The summed E-state index contributed by atoms with van der Waals surface area (Å²) in [6, 6.07) is 6.31. The molecule has 2 aliphatic heterocycles. The molecule has 98 valence electrons. The fourth-order valence-corrected chi connectivity index (χ4v) is 2.82. The van der Waals surface area contributed by atoms with Crippen LogP contribution in [-0.4, -0.2) is 33.0 Å². The number of ether oxygens (including phenoxy) is 3. The summed E-state index contributed by atoms with van der Waals surface area (Å²) in [5.74, 6) is 1.73. The van der Waals surface area contributed by atoms with Crippen LogP contribution in [0.5, 0.6) is 11.5 Å². The van der Waals surface area contributed by atoms with Crippen LogP contribution in [0.15, 0.2) is 18.2 Å². The molecule has 18 heavy (non-hydrogen) atoms. The summed E-state index contributed by atoms with van der Waals surface area (Å²) in [5.41, 5.74) is 5.60. The first-order valence-corrected chi connectivity index (χ1v) is 6.61. The number of hydrogen-bond donors (Lipinski definition) is 1. The minimum atomic E-state index is 0.147. The molecule has 0 aromatic heterocycles. The molecule has 1 aromatic rings. The summed E-state index contributed by atoms with van der Waals surface area (Å²) in [7, 11) is 0. The highest BCUT2D eigenvalue weighted by atomic mass is 16.6. The second-order valence-corrected chi connectivity index (χ2v) is 5.00. The van der Waals surface area contributed by atoms with Crippen molar-refractivity contribution in [2.75, 3.05) is 33.0 Å². The van der Waals surface area contributed by atoms with Gasteiger partial charge < -0.3 is 19.9 Å². The fraction of sp³-hybridized carbons (Fsp3) is 0.571. The maximum atomic E-state index is 5.67. The molecule has 1 aromatic carbocycles. The lowest BCUT2D eigenvalue weighted by Crippen LogP contribution is -2.61. The van der Waals surface area contributed by atoms with Crippen LogP contribution in [-0.2, 0) is 10.2 Å². The van der Waals surface area contributed by atoms with Gasteiger partial charge in [-0.05, 0) is 30.5 Å². The number of rotatable bonds is 2. The van der Waals surface area contributed by atoms with Gasteiger partial charge in [0.1, 0.15) is 13.2 Å². The van der Waals surface area contributed by atoms with Gasteiger partial charge in [0, 0.05) is 18.6 Å². The van der Waals surface area contributed by atoms with E-state index in [9.17, 15) is 0 Å². The van der Waals surface area contributed by atoms with Crippen molar-refractivity contribution in [2.24, 2.45) is 0 Å². The van der Waals surface area contributed by atoms with Gasteiger partial charge >= 0.3 is 0 Å². The van der Waals surface area contributed by atoms with E-state index in [0.717, 1.165) is 44.1 Å². The predicted octanol–water partition coefficient (Wildman–Crippen LogP) is 0.748. The van der Waals surface area contributed by atoms with Crippen molar-refractivity contribution in [3.05, 3.63) is 23.8 Å². The molecule has 0 radical (unpaired) electrons. The molecule has 2 heterocycles. The highest BCUT2D eigenvalue weighted by Gasteiger charge is 2.36. The lowest BCUT2D eigenvalue weighted by Gasteiger charge is -2.35. The maximum absolute atomic E-state index is 5.67. The van der Waals surface area contributed by atoms with Crippen LogP contribution >= 0.6 is 0 Å². The Bertz CT molecular complexity index is 427. The third kappa shape index (κ3) is 1.95. The zero-order chi connectivity index (χ0) is 12.4. The van der Waals surface area contributed by atoms with E-state index in [0.29, 0.717) is 13.2 Å². The quantitative estimate of drug-likeness (QED) is 0.842. The molecule has 0 saturated carbocycles. The Balaban J connectivity index is 1.94. The Labute approximate surface area is 107 Å². The normalized spacial score (nSPS) is 21.6. The molecule has 0 bridgehead atoms. The smallest absolute Gasteiger partial charge is 0.161 e. The molecule has 3 rings (SSSR count). The van der Waals surface area contributed by atoms with E-state index < -0.39 is 0 Å². The van der Waals surface area contributed by atoms with Gasteiger partial charge in [0.05, 0.1) is 6.54 Å². The molecule has 0 amide bonds. The fourth-order valence-electron chi connectivity index (χ4n) is 2.82. The highest BCUT2D eigenvalue weighted by Crippen LogP contribution is 2.39. The molecule has 4 nitrogen and oxygen atoms in total. The number of hydrogen-bond acceptors (Lipinski definition) is 3. The summed E-state index contributed by atoms with van der Waals surface area (Å²) >= 11 is 0. The van der Waals surface area contributed by atoms with Crippen LogP contribution in [0.3, 0.4) is 0 Å². The molecule has 0 atom stereocenters. The van der Waals surface area contributed by atoms with Crippen LogP contribution in [0.1, 0.15) is 18.4 Å². The molecule has 1 fully saturated rings. The maximum Gasteiger partial charge on any atom is 0.161 e. The molecule has 0 spiro atoms. The summed E-state index contributed by atoms with van der Waals surface area (Å²) in [5, 5.41) is 0. The Morgan fingerprint density at radius 3 is 2.44 bits per heavy atom. The third-order valence-corrected chi connectivity index (χ3v) is 4.08. The van der Waals surface area contributed by atoms with Crippen molar-refractivity contribution in [1.29, 1.82) is 0 Å². The molecule has 1 saturated heterocycles. The largest absolute Gasteiger partial charge is 0.486 e. The summed E-state index contributed by atoms with van der Waals surface area (Å²) in [4.78, 5) is 0. The van der Waals surface area contributed by atoms with Gasteiger partial charge in [-0.3, -0.25) is 0 Å². The first-order chi connectivity index (χ1) is 8.84. The van der Waals surface area contributed by atoms with Gasteiger partial charge in [-0.1, -0.05) is 6.07 Å². The molecular weight excluding hydrogens is 230 g/mol. The van der Waals surface area contributed by atoms with Gasteiger partial charge in [-0.15, -0.1) is 0 Å². The van der Waals surface area contributed by atoms with Gasteiger partial charge in [-0.25, -0.2) is 0 Å². The van der Waals surface area contributed by atoms with Gasteiger partial charge in [0.25, 0.3) is 0 Å². The van der Waals surface area contributed by atoms with Crippen molar-refractivity contribution in [1.82, 2.24) is 0 Å². The Morgan fingerprint density at radius 2 is 1.72 bits per heavy atom. The zero-order valence-electron chi connectivity index (χ0n) is 10.6. The van der Waals surface area contributed by atoms with E-state index in [1.807, 2.05) is 6.07 Å². The summed E-state index contributed by atoms with van der Waals surface area (Å²) in [6.45, 7) is 3.82. The summed E-state index contributed by atoms with van der Waals surface area (Å²) < 4.78 is 16.7. The first-order valence-electron chi connectivity index (χ1n) is 6.61. The molecular formula is C14H20NO3+. The number of benzene rings is 1. The Kier molecular flexibility index (Phi) is 3.14. The predicted molar refractivity (Wildman–Crippen MR) is 66.9 cm³/mol. The third-order valence-electron chi connectivity index (χ3n) is 4.08. The van der Waals surface area contributed by atoms with Crippen molar-refractivity contribution in [2.45, 2.75) is 18.3 Å². The number of fused-ring (bicyclic) bond motifs is 1. The SMILES string of the molecule is [NH3+]CC1(c2ccc3c(c2)OCCO3)CCOCC1. The summed E-state index contributed by atoms with van der Waals surface area (Å²) in [6.07, 6.45) is 2.08. The first kappa shape index (κ1) is 11.8. The van der Waals surface area contributed by atoms with Gasteiger partial charge in [0.2, 0.25) is 0 Å². The van der Waals surface area contributed by atoms with Crippen LogP contribution < -0.4 is 15.2 Å². The molecule has 3 N–H and O–H groups in total. The average Bonchev–Trinajstić information content (AvgIpc) is 2.47. The van der Waals surface area contributed by atoms with Crippen molar-refractivity contribution in [3.63, 3.8) is 0 Å². The van der Waals surface area contributed by atoms with E-state index in [1.54, 1.807) is 0 Å². The number of quaternary nitrogens is 1. The topological polar surface area (TPSA) is 55.3 Å². The van der Waals surface area contributed by atoms with Crippen molar-refractivity contribution in [3.8, 4) is 11.5 Å². The van der Waals surface area contributed by atoms with E-state index in [2.05, 4.69) is 17.9 Å². The zero-order valence-corrected chi connectivity index (χ0v) is 10.6. The standard InChI is InChI=1S/C14H19NO3/c15-10-14(3-5-16-6-4-14)11-1-2-12-13(9-11)18-8-7-17-12/h1-2,9H,3-8,10,15H2/p+1. The van der Waals surface area contributed by atoms with E-state index >= 15 is 0 Å². The van der Waals surface area contributed by atoms with Gasteiger partial charge in [-0.2, -0.15) is 0 Å². The van der Waals surface area contributed by atoms with Crippen molar-refractivity contribution < 1.29 is 19.9 Å². The van der Waals surface area contributed by atoms with Crippen LogP contribution in [0, 0.1) is 0 Å². The second-order valence-electron chi connectivity index (χ2n) is 5.00. The van der Waals surface area contributed by atoms with E-state index in [4.69, 9.17) is 14.2 Å².